The molecule has 2 atom stereocenters. The zero-order chi connectivity index (χ0) is 27.5. The molecule has 4 rings (SSSR count). The molecule has 2 aromatic rings. The van der Waals surface area contributed by atoms with Gasteiger partial charge in [0.05, 0.1) is 25.2 Å². The molecule has 38 heavy (non-hydrogen) atoms. The van der Waals surface area contributed by atoms with Crippen LogP contribution in [0.3, 0.4) is 0 Å². The van der Waals surface area contributed by atoms with Gasteiger partial charge in [0.2, 0.25) is 5.91 Å². The van der Waals surface area contributed by atoms with Crippen molar-refractivity contribution in [3.05, 3.63) is 47.7 Å². The monoisotopic (exact) mass is 534 g/mol. The molecule has 1 aromatic carbocycles. The minimum absolute atomic E-state index is 0.149. The lowest BCUT2D eigenvalue weighted by atomic mass is 9.74. The van der Waals surface area contributed by atoms with E-state index >= 15 is 0 Å². The van der Waals surface area contributed by atoms with E-state index in [2.05, 4.69) is 24.1 Å². The normalized spacial score (nSPS) is 22.2. The number of amides is 1. The Morgan fingerprint density at radius 3 is 2.50 bits per heavy atom. The largest absolute Gasteiger partial charge is 0.497 e. The van der Waals surface area contributed by atoms with Gasteiger partial charge in [0, 0.05) is 56.6 Å². The van der Waals surface area contributed by atoms with Crippen LogP contribution in [0.15, 0.2) is 36.5 Å². The van der Waals surface area contributed by atoms with E-state index < -0.39 is 17.2 Å². The van der Waals surface area contributed by atoms with Crippen molar-refractivity contribution in [2.24, 2.45) is 11.3 Å². The van der Waals surface area contributed by atoms with Crippen LogP contribution in [0.25, 0.3) is 0 Å². The van der Waals surface area contributed by atoms with Crippen molar-refractivity contribution < 1.29 is 27.4 Å². The first kappa shape index (κ1) is 28.0. The van der Waals surface area contributed by atoms with E-state index in [0.717, 1.165) is 48.5 Å². The highest BCUT2D eigenvalue weighted by atomic mass is 19.4. The Bertz CT molecular complexity index is 1120. The van der Waals surface area contributed by atoms with Crippen LogP contribution in [-0.2, 0) is 17.5 Å². The van der Waals surface area contributed by atoms with Crippen molar-refractivity contribution >= 4 is 11.7 Å². The summed E-state index contributed by atoms with van der Waals surface area (Å²) < 4.78 is 50.2. The number of benzene rings is 1. The molecule has 2 heterocycles. The van der Waals surface area contributed by atoms with Crippen LogP contribution >= 0.6 is 0 Å². The van der Waals surface area contributed by atoms with Gasteiger partial charge >= 0.3 is 6.18 Å². The van der Waals surface area contributed by atoms with Crippen molar-refractivity contribution in [2.45, 2.75) is 51.9 Å². The Hall–Kier alpha value is -3.01. The van der Waals surface area contributed by atoms with Crippen LogP contribution in [0.4, 0.5) is 19.0 Å². The number of anilines is 1. The van der Waals surface area contributed by atoms with Crippen LogP contribution in [0.1, 0.15) is 44.2 Å². The molecule has 0 spiro atoms. The summed E-state index contributed by atoms with van der Waals surface area (Å²) in [5.74, 6) is 2.11. The maximum Gasteiger partial charge on any atom is 0.416 e. The van der Waals surface area contributed by atoms with E-state index in [9.17, 15) is 18.0 Å². The Labute approximate surface area is 222 Å². The second-order valence-electron chi connectivity index (χ2n) is 10.5. The van der Waals surface area contributed by atoms with Crippen LogP contribution < -0.4 is 19.7 Å². The molecule has 1 aromatic heterocycles. The van der Waals surface area contributed by atoms with Gasteiger partial charge in [-0.3, -0.25) is 4.79 Å². The predicted molar refractivity (Wildman–Crippen MR) is 139 cm³/mol. The van der Waals surface area contributed by atoms with E-state index in [4.69, 9.17) is 9.47 Å². The number of rotatable bonds is 8. The Morgan fingerprint density at radius 1 is 1.13 bits per heavy atom. The second-order valence-corrected chi connectivity index (χ2v) is 10.5. The predicted octanol–water partition coefficient (Wildman–Crippen LogP) is 4.75. The smallest absolute Gasteiger partial charge is 0.416 e. The number of ether oxygens (including phenoxy) is 2. The molecule has 1 N–H and O–H groups in total. The number of piperazine rings is 1. The third kappa shape index (κ3) is 5.85. The standard InChI is InChI=1S/C28H37F3N4O3/c1-19(2)27(9-7-22(17-27)33-18-20-5-6-23(37-3)16-24(20)38-4)26(36)35-13-11-34(12-14-35)25-15-21(8-10-32-25)28(29,30)31/h5-6,8,10,15-16,19,22,33H,7,9,11-14,17-18H2,1-4H3. The zero-order valence-corrected chi connectivity index (χ0v) is 22.5. The molecule has 10 heteroatoms. The molecule has 2 fully saturated rings. The minimum atomic E-state index is -4.41. The van der Waals surface area contributed by atoms with E-state index in [-0.39, 0.29) is 17.9 Å². The fraction of sp³-hybridized carbons (Fsp3) is 0.571. The van der Waals surface area contributed by atoms with Gasteiger partial charge in [0.25, 0.3) is 0 Å². The van der Waals surface area contributed by atoms with Crippen molar-refractivity contribution in [3.8, 4) is 11.5 Å². The fourth-order valence-electron chi connectivity index (χ4n) is 5.69. The van der Waals surface area contributed by atoms with Crippen molar-refractivity contribution in [3.63, 3.8) is 0 Å². The average molecular weight is 535 g/mol. The Balaban J connectivity index is 1.37. The third-order valence-corrected chi connectivity index (χ3v) is 8.12. The molecular formula is C28H37F3N4O3. The maximum absolute atomic E-state index is 13.9. The summed E-state index contributed by atoms with van der Waals surface area (Å²) in [6, 6.07) is 8.01. The van der Waals surface area contributed by atoms with E-state index in [1.165, 1.54) is 6.20 Å². The van der Waals surface area contributed by atoms with Gasteiger partial charge in [0.15, 0.2) is 0 Å². The van der Waals surface area contributed by atoms with Gasteiger partial charge in [-0.25, -0.2) is 4.98 Å². The van der Waals surface area contributed by atoms with Gasteiger partial charge in [-0.15, -0.1) is 0 Å². The number of alkyl halides is 3. The Kier molecular flexibility index (Phi) is 8.40. The highest BCUT2D eigenvalue weighted by Crippen LogP contribution is 2.46. The summed E-state index contributed by atoms with van der Waals surface area (Å²) in [5.41, 5.74) is -0.143. The van der Waals surface area contributed by atoms with E-state index in [0.29, 0.717) is 38.5 Å². The number of hydrogen-bond acceptors (Lipinski definition) is 6. The fourth-order valence-corrected chi connectivity index (χ4v) is 5.69. The summed E-state index contributed by atoms with van der Waals surface area (Å²) in [5, 5.41) is 3.62. The SMILES string of the molecule is COc1ccc(CNC2CCC(C(=O)N3CCN(c4cc(C(F)(F)F)ccn4)CC3)(C(C)C)C2)c(OC)c1. The second kappa shape index (κ2) is 11.4. The molecule has 1 saturated heterocycles. The van der Waals surface area contributed by atoms with Gasteiger partial charge in [-0.2, -0.15) is 13.2 Å². The molecule has 1 aliphatic heterocycles. The zero-order valence-electron chi connectivity index (χ0n) is 22.5. The van der Waals surface area contributed by atoms with Gasteiger partial charge in [-0.05, 0) is 43.4 Å². The average Bonchev–Trinajstić information content (AvgIpc) is 3.37. The molecule has 2 aliphatic rings. The lowest BCUT2D eigenvalue weighted by molar-refractivity contribution is -0.145. The number of carbonyl (C=O) groups excluding carboxylic acids is 1. The molecule has 1 saturated carbocycles. The number of methoxy groups -OCH3 is 2. The molecule has 1 aliphatic carbocycles. The summed E-state index contributed by atoms with van der Waals surface area (Å²) in [4.78, 5) is 21.7. The number of carbonyl (C=O) groups is 1. The van der Waals surface area contributed by atoms with Crippen LogP contribution in [0.2, 0.25) is 0 Å². The maximum atomic E-state index is 13.9. The number of pyridine rings is 1. The first-order valence-corrected chi connectivity index (χ1v) is 13.1. The van der Waals surface area contributed by atoms with E-state index in [1.54, 1.807) is 14.2 Å². The number of nitrogens with zero attached hydrogens (tertiary/aromatic N) is 3. The van der Waals surface area contributed by atoms with Crippen molar-refractivity contribution in [1.82, 2.24) is 15.2 Å². The first-order chi connectivity index (χ1) is 18.1. The highest BCUT2D eigenvalue weighted by Gasteiger charge is 2.49. The summed E-state index contributed by atoms with van der Waals surface area (Å²) >= 11 is 0. The van der Waals surface area contributed by atoms with E-state index in [1.807, 2.05) is 28.0 Å². The Morgan fingerprint density at radius 2 is 1.87 bits per heavy atom. The van der Waals surface area contributed by atoms with Crippen molar-refractivity contribution in [1.29, 1.82) is 0 Å². The quantitative estimate of drug-likeness (QED) is 0.527. The molecule has 7 nitrogen and oxygen atoms in total. The summed E-state index contributed by atoms with van der Waals surface area (Å²) in [6.07, 6.45) is -0.772. The molecule has 0 bridgehead atoms. The van der Waals surface area contributed by atoms with Gasteiger partial charge in [-0.1, -0.05) is 19.9 Å². The molecule has 1 amide bonds. The lowest BCUT2D eigenvalue weighted by Gasteiger charge is -2.42. The van der Waals surface area contributed by atoms with Gasteiger partial charge < -0.3 is 24.6 Å². The topological polar surface area (TPSA) is 66.9 Å². The molecule has 0 radical (unpaired) electrons. The number of hydrogen-bond donors (Lipinski definition) is 1. The third-order valence-electron chi connectivity index (χ3n) is 8.12. The lowest BCUT2D eigenvalue weighted by Crippen LogP contribution is -2.54. The number of aromatic nitrogens is 1. The molecular weight excluding hydrogens is 497 g/mol. The number of halogens is 3. The summed E-state index contributed by atoms with van der Waals surface area (Å²) in [7, 11) is 3.26. The highest BCUT2D eigenvalue weighted by molar-refractivity contribution is 5.84. The first-order valence-electron chi connectivity index (χ1n) is 13.1. The van der Waals surface area contributed by atoms with Crippen LogP contribution in [0, 0.1) is 11.3 Å². The molecule has 208 valence electrons. The van der Waals surface area contributed by atoms with Crippen LogP contribution in [-0.4, -0.2) is 62.2 Å². The molecule has 2 unspecified atom stereocenters. The van der Waals surface area contributed by atoms with Crippen molar-refractivity contribution in [2.75, 3.05) is 45.3 Å². The summed E-state index contributed by atoms with van der Waals surface area (Å²) in [6.45, 7) is 6.67. The van der Waals surface area contributed by atoms with Gasteiger partial charge in [0.1, 0.15) is 17.3 Å². The minimum Gasteiger partial charge on any atom is -0.497 e. The van der Waals surface area contributed by atoms with Crippen LogP contribution in [0.5, 0.6) is 11.5 Å². The number of nitrogens with one attached hydrogen (secondary N) is 1.